The van der Waals surface area contributed by atoms with Crippen molar-refractivity contribution in [3.05, 3.63) is 24.4 Å². The zero-order valence-corrected chi connectivity index (χ0v) is 19.6. The van der Waals surface area contributed by atoms with E-state index in [2.05, 4.69) is 60.4 Å². The van der Waals surface area contributed by atoms with Gasteiger partial charge in [-0.1, -0.05) is 72.3 Å². The maximum Gasteiger partial charge on any atom is 0.508 e. The van der Waals surface area contributed by atoms with Crippen LogP contribution in [0, 0.1) is 22.7 Å². The Balaban J connectivity index is 2.51. The summed E-state index contributed by atoms with van der Waals surface area (Å²) < 4.78 is 11.1. The molecule has 0 aromatic carbocycles. The van der Waals surface area contributed by atoms with Crippen molar-refractivity contribution in [1.29, 1.82) is 0 Å². The summed E-state index contributed by atoms with van der Waals surface area (Å²) in [5.74, 6) is 1.12. The van der Waals surface area contributed by atoms with Crippen LogP contribution in [0.15, 0.2) is 29.4 Å². The summed E-state index contributed by atoms with van der Waals surface area (Å²) in [6.45, 7) is 17.7. The van der Waals surface area contributed by atoms with E-state index in [4.69, 9.17) is 9.47 Å². The topological polar surface area (TPSA) is 48.4 Å². The van der Waals surface area contributed by atoms with Crippen molar-refractivity contribution < 1.29 is 14.3 Å². The Hall–Kier alpha value is -0.880. The van der Waals surface area contributed by atoms with Crippen LogP contribution in [-0.2, 0) is 9.47 Å². The van der Waals surface area contributed by atoms with E-state index in [1.807, 2.05) is 18.2 Å². The van der Waals surface area contributed by atoms with Crippen molar-refractivity contribution in [3.8, 4) is 0 Å². The van der Waals surface area contributed by atoms with E-state index in [1.165, 1.54) is 0 Å². The smallest absolute Gasteiger partial charge is 0.433 e. The van der Waals surface area contributed by atoms with Crippen molar-refractivity contribution in [1.82, 2.24) is 4.98 Å². The zero-order valence-electron chi connectivity index (χ0n) is 17.9. The molecule has 0 aliphatic heterocycles. The minimum Gasteiger partial charge on any atom is -0.433 e. The van der Waals surface area contributed by atoms with Crippen molar-refractivity contribution >= 4 is 27.7 Å². The first-order valence-corrected chi connectivity index (χ1v) is 11.8. The first kappa shape index (κ1) is 24.2. The van der Waals surface area contributed by atoms with Gasteiger partial charge in [-0.25, -0.2) is 9.78 Å². The molecule has 0 aliphatic rings. The molecule has 0 radical (unpaired) electrons. The minimum absolute atomic E-state index is 0.0413. The summed E-state index contributed by atoms with van der Waals surface area (Å²) >= 11 is 0. The molecule has 0 saturated carbocycles. The molecular weight excluding hydrogens is 378 g/mol. The summed E-state index contributed by atoms with van der Waals surface area (Å²) in [5, 5.41) is 0.947. The van der Waals surface area contributed by atoms with Gasteiger partial charge in [-0.05, 0) is 45.6 Å². The second-order valence-corrected chi connectivity index (χ2v) is 11.5. The number of carbonyl (C=O) groups is 1. The second-order valence-electron chi connectivity index (χ2n) is 9.06. The molecule has 0 spiro atoms. The lowest BCUT2D eigenvalue weighted by atomic mass is 9.69. The molecule has 0 aliphatic carbocycles. The van der Waals surface area contributed by atoms with Gasteiger partial charge in [0, 0.05) is 11.9 Å². The Kier molecular flexibility index (Phi) is 9.49. The molecule has 0 amide bonds. The van der Waals surface area contributed by atoms with Gasteiger partial charge < -0.3 is 9.47 Å². The first-order chi connectivity index (χ1) is 12.4. The van der Waals surface area contributed by atoms with Crippen LogP contribution in [-0.4, -0.2) is 29.6 Å². The van der Waals surface area contributed by atoms with Crippen LogP contribution in [0.1, 0.15) is 55.4 Å². The number of nitrogens with zero attached hydrogens (tertiary/aromatic N) is 1. The van der Waals surface area contributed by atoms with E-state index in [1.54, 1.807) is 27.8 Å². The summed E-state index contributed by atoms with van der Waals surface area (Å²) in [6.07, 6.45) is 1.01. The highest BCUT2D eigenvalue weighted by Gasteiger charge is 2.39. The minimum atomic E-state index is -0.573. The lowest BCUT2D eigenvalue weighted by Gasteiger charge is -2.41. The SMILES string of the molecule is CC(C(OC(=O)OCCSSc1ccccn1)[C@@H](C)C(C)(C)C)C(C)(C)C. The van der Waals surface area contributed by atoms with Gasteiger partial charge in [0.2, 0.25) is 0 Å². The molecule has 1 aromatic rings. The van der Waals surface area contributed by atoms with Gasteiger partial charge in [0.15, 0.2) is 0 Å². The van der Waals surface area contributed by atoms with Crippen LogP contribution < -0.4 is 0 Å². The van der Waals surface area contributed by atoms with Crippen LogP contribution in [0.2, 0.25) is 0 Å². The molecule has 1 heterocycles. The van der Waals surface area contributed by atoms with Crippen molar-refractivity contribution in [3.63, 3.8) is 0 Å². The van der Waals surface area contributed by atoms with Gasteiger partial charge in [-0.15, -0.1) is 0 Å². The van der Waals surface area contributed by atoms with Gasteiger partial charge in [0.1, 0.15) is 17.7 Å². The van der Waals surface area contributed by atoms with Crippen molar-refractivity contribution in [2.45, 2.75) is 66.5 Å². The third-order valence-electron chi connectivity index (χ3n) is 5.12. The Morgan fingerprint density at radius 1 is 1.07 bits per heavy atom. The van der Waals surface area contributed by atoms with Gasteiger partial charge in [0.25, 0.3) is 0 Å². The fourth-order valence-corrected chi connectivity index (χ4v) is 4.13. The van der Waals surface area contributed by atoms with E-state index in [-0.39, 0.29) is 28.8 Å². The maximum absolute atomic E-state index is 12.3. The van der Waals surface area contributed by atoms with E-state index >= 15 is 0 Å². The number of pyridine rings is 1. The highest BCUT2D eigenvalue weighted by molar-refractivity contribution is 8.76. The average Bonchev–Trinajstić information content (AvgIpc) is 2.57. The van der Waals surface area contributed by atoms with Crippen LogP contribution in [0.3, 0.4) is 0 Å². The molecule has 0 N–H and O–H groups in total. The van der Waals surface area contributed by atoms with Crippen molar-refractivity contribution in [2.75, 3.05) is 12.4 Å². The monoisotopic (exact) mass is 413 g/mol. The molecule has 4 nitrogen and oxygen atoms in total. The molecule has 1 rings (SSSR count). The Labute approximate surface area is 173 Å². The summed E-state index contributed by atoms with van der Waals surface area (Å²) in [5.41, 5.74) is 0.0826. The third kappa shape index (κ3) is 8.77. The van der Waals surface area contributed by atoms with Gasteiger partial charge in [-0.2, -0.15) is 0 Å². The maximum atomic E-state index is 12.3. The van der Waals surface area contributed by atoms with Crippen LogP contribution in [0.4, 0.5) is 4.79 Å². The van der Waals surface area contributed by atoms with Gasteiger partial charge in [0.05, 0.1) is 0 Å². The van der Waals surface area contributed by atoms with E-state index in [0.29, 0.717) is 12.4 Å². The second kappa shape index (κ2) is 10.6. The normalized spacial score (nSPS) is 15.7. The Morgan fingerprint density at radius 3 is 2.15 bits per heavy atom. The fourth-order valence-electron chi connectivity index (χ4n) is 2.43. The number of hydrogen-bond donors (Lipinski definition) is 0. The van der Waals surface area contributed by atoms with Crippen LogP contribution in [0.25, 0.3) is 0 Å². The van der Waals surface area contributed by atoms with Crippen LogP contribution >= 0.6 is 21.6 Å². The fraction of sp³-hybridized carbons (Fsp3) is 0.714. The highest BCUT2D eigenvalue weighted by Crippen LogP contribution is 2.39. The number of ether oxygens (including phenoxy) is 2. The number of aromatic nitrogens is 1. The summed E-state index contributed by atoms with van der Waals surface area (Å²) in [7, 11) is 3.19. The van der Waals surface area contributed by atoms with Crippen LogP contribution in [0.5, 0.6) is 0 Å². The molecule has 154 valence electrons. The van der Waals surface area contributed by atoms with Gasteiger partial charge >= 0.3 is 6.16 Å². The molecule has 27 heavy (non-hydrogen) atoms. The highest BCUT2D eigenvalue weighted by atomic mass is 33.1. The molecular formula is C21H35NO3S2. The Morgan fingerprint density at radius 2 is 1.67 bits per heavy atom. The van der Waals surface area contributed by atoms with E-state index in [0.717, 1.165) is 5.03 Å². The van der Waals surface area contributed by atoms with E-state index in [9.17, 15) is 4.79 Å². The average molecular weight is 414 g/mol. The molecule has 0 saturated heterocycles. The lowest BCUT2D eigenvalue weighted by molar-refractivity contribution is -0.0600. The Bertz CT molecular complexity index is 547. The predicted octanol–water partition coefficient (Wildman–Crippen LogP) is 6.71. The number of rotatable bonds is 8. The molecule has 6 heteroatoms. The third-order valence-corrected chi connectivity index (χ3v) is 7.35. The lowest BCUT2D eigenvalue weighted by Crippen LogP contribution is -2.42. The molecule has 2 unspecified atom stereocenters. The van der Waals surface area contributed by atoms with E-state index < -0.39 is 6.16 Å². The first-order valence-electron chi connectivity index (χ1n) is 9.47. The summed E-state index contributed by atoms with van der Waals surface area (Å²) in [6, 6.07) is 5.80. The zero-order chi connectivity index (χ0) is 20.7. The number of hydrogen-bond acceptors (Lipinski definition) is 6. The van der Waals surface area contributed by atoms with Gasteiger partial charge in [-0.3, -0.25) is 0 Å². The predicted molar refractivity (Wildman–Crippen MR) is 116 cm³/mol. The summed E-state index contributed by atoms with van der Waals surface area (Å²) in [4.78, 5) is 16.5. The molecule has 3 atom stereocenters. The quantitative estimate of drug-likeness (QED) is 0.268. The largest absolute Gasteiger partial charge is 0.508 e. The number of carbonyl (C=O) groups excluding carboxylic acids is 1. The van der Waals surface area contributed by atoms with Crippen molar-refractivity contribution in [2.24, 2.45) is 22.7 Å². The molecule has 1 aromatic heterocycles. The standard InChI is InChI=1S/C21H35NO3S2/c1-15(20(3,4)5)18(16(2)21(6,7)8)25-19(23)24-13-14-26-27-17-11-9-10-12-22-17/h9-12,15-16,18H,13-14H2,1-8H3/t15-,16?,18?/m1/s1. The molecule has 0 bridgehead atoms. The molecule has 0 fully saturated rings.